The Bertz CT molecular complexity index is 913. The van der Waals surface area contributed by atoms with Gasteiger partial charge in [-0.1, -0.05) is 6.07 Å². The highest BCUT2D eigenvalue weighted by Gasteiger charge is 2.30. The molecule has 0 aliphatic carbocycles. The second kappa shape index (κ2) is 9.43. The van der Waals surface area contributed by atoms with Gasteiger partial charge in [-0.25, -0.2) is 4.79 Å². The third-order valence-electron chi connectivity index (χ3n) is 6.02. The quantitative estimate of drug-likeness (QED) is 0.704. The molecule has 0 saturated carbocycles. The maximum absolute atomic E-state index is 12.7. The van der Waals surface area contributed by atoms with Gasteiger partial charge in [0.15, 0.2) is 0 Å². The SMILES string of the molecule is Cc1c([C@@H](O)CN2CCC(C(=O)N(C)c3ccns3)CC2)ccc2c1COC2=O.Cl. The zero-order valence-corrected chi connectivity index (χ0v) is 18.7. The molecule has 2 aliphatic heterocycles. The number of rotatable bonds is 5. The number of aliphatic hydroxyl groups excluding tert-OH is 1. The monoisotopic (exact) mass is 451 g/mol. The van der Waals surface area contributed by atoms with Gasteiger partial charge in [-0.05, 0) is 67.6 Å². The lowest BCUT2D eigenvalue weighted by Gasteiger charge is -2.34. The van der Waals surface area contributed by atoms with Crippen LogP contribution in [0.1, 0.15) is 46.0 Å². The van der Waals surface area contributed by atoms with Gasteiger partial charge in [0, 0.05) is 31.3 Å². The number of halogens is 1. The molecule has 1 N–H and O–H groups in total. The van der Waals surface area contributed by atoms with E-state index in [2.05, 4.69) is 9.27 Å². The number of nitrogens with zero attached hydrogens (tertiary/aromatic N) is 3. The molecule has 162 valence electrons. The smallest absolute Gasteiger partial charge is 0.338 e. The standard InChI is InChI=1S/C21H25N3O4S.ClH/c1-13-15(3-4-16-17(13)12-28-21(16)27)18(25)11-24-9-6-14(7-10-24)20(26)23(2)19-5-8-22-29-19;/h3-5,8,14,18,25H,6-7,9-12H2,1-2H3;1H/t18-;/m0./s1. The summed E-state index contributed by atoms with van der Waals surface area (Å²) in [6.45, 7) is 4.27. The third-order valence-corrected chi connectivity index (χ3v) is 6.84. The van der Waals surface area contributed by atoms with Crippen molar-refractivity contribution < 1.29 is 19.4 Å². The number of anilines is 1. The highest BCUT2D eigenvalue weighted by molar-refractivity contribution is 7.10. The number of β-amino-alcohol motifs (C(OH)–C–C–N with tert-alkyl or cyclic N) is 1. The Morgan fingerprint density at radius 3 is 2.77 bits per heavy atom. The molecular formula is C21H26ClN3O4S. The van der Waals surface area contributed by atoms with Crippen molar-refractivity contribution in [3.05, 3.63) is 46.6 Å². The molecule has 0 unspecified atom stereocenters. The molecule has 7 nitrogen and oxygen atoms in total. The number of hydrogen-bond donors (Lipinski definition) is 1. The number of fused-ring (bicyclic) bond motifs is 1. The number of aliphatic hydroxyl groups is 1. The lowest BCUT2D eigenvalue weighted by molar-refractivity contribution is -0.123. The molecule has 1 atom stereocenters. The number of likely N-dealkylation sites (tertiary alicyclic amines) is 1. The number of cyclic esters (lactones) is 1. The van der Waals surface area contributed by atoms with Gasteiger partial charge >= 0.3 is 5.97 Å². The average Bonchev–Trinajstić information content (AvgIpc) is 3.38. The molecule has 30 heavy (non-hydrogen) atoms. The Hall–Kier alpha value is -2.00. The Balaban J connectivity index is 0.00000256. The first kappa shape index (κ1) is 22.7. The second-order valence-corrected chi connectivity index (χ2v) is 8.53. The summed E-state index contributed by atoms with van der Waals surface area (Å²) in [7, 11) is 1.80. The number of esters is 1. The van der Waals surface area contributed by atoms with Crippen molar-refractivity contribution in [1.29, 1.82) is 0 Å². The van der Waals surface area contributed by atoms with E-state index >= 15 is 0 Å². The van der Waals surface area contributed by atoms with E-state index < -0.39 is 6.10 Å². The van der Waals surface area contributed by atoms with E-state index in [1.807, 2.05) is 19.1 Å². The number of carbonyl (C=O) groups is 2. The van der Waals surface area contributed by atoms with Gasteiger partial charge < -0.3 is 19.6 Å². The van der Waals surface area contributed by atoms with E-state index in [9.17, 15) is 14.7 Å². The van der Waals surface area contributed by atoms with Gasteiger partial charge in [0.25, 0.3) is 0 Å². The van der Waals surface area contributed by atoms with Crippen molar-refractivity contribution in [2.24, 2.45) is 5.92 Å². The maximum atomic E-state index is 12.7. The summed E-state index contributed by atoms with van der Waals surface area (Å²) in [4.78, 5) is 28.3. The third kappa shape index (κ3) is 4.37. The number of hydrogen-bond acceptors (Lipinski definition) is 7. The number of aromatic nitrogens is 1. The van der Waals surface area contributed by atoms with Crippen LogP contribution in [0.2, 0.25) is 0 Å². The van der Waals surface area contributed by atoms with Gasteiger partial charge in [-0.3, -0.25) is 4.79 Å². The molecular weight excluding hydrogens is 426 g/mol. The minimum Gasteiger partial charge on any atom is -0.457 e. The van der Waals surface area contributed by atoms with Crippen LogP contribution in [-0.2, 0) is 16.1 Å². The van der Waals surface area contributed by atoms with Gasteiger partial charge in [0.2, 0.25) is 5.91 Å². The first-order chi connectivity index (χ1) is 14.0. The summed E-state index contributed by atoms with van der Waals surface area (Å²) in [6, 6.07) is 5.42. The van der Waals surface area contributed by atoms with Crippen LogP contribution in [0.5, 0.6) is 0 Å². The summed E-state index contributed by atoms with van der Waals surface area (Å²) < 4.78 is 9.16. The topological polar surface area (TPSA) is 83.0 Å². The van der Waals surface area contributed by atoms with Crippen LogP contribution < -0.4 is 4.90 Å². The summed E-state index contributed by atoms with van der Waals surface area (Å²) in [5.41, 5.74) is 3.24. The Morgan fingerprint density at radius 1 is 1.37 bits per heavy atom. The number of ether oxygens (including phenoxy) is 1. The zero-order valence-electron chi connectivity index (χ0n) is 17.0. The van der Waals surface area contributed by atoms with Crippen molar-refractivity contribution in [3.63, 3.8) is 0 Å². The Kier molecular flexibility index (Phi) is 7.13. The molecule has 4 rings (SSSR count). The molecule has 0 radical (unpaired) electrons. The van der Waals surface area contributed by atoms with E-state index in [1.54, 1.807) is 24.2 Å². The molecule has 0 bridgehead atoms. The number of carbonyl (C=O) groups excluding carboxylic acids is 2. The van der Waals surface area contributed by atoms with Gasteiger partial charge in [0.05, 0.1) is 11.7 Å². The first-order valence-electron chi connectivity index (χ1n) is 9.84. The fraction of sp³-hybridized carbons (Fsp3) is 0.476. The Morgan fingerprint density at radius 2 is 2.10 bits per heavy atom. The number of piperidine rings is 1. The molecule has 1 aromatic carbocycles. The minimum absolute atomic E-state index is 0. The molecule has 0 spiro atoms. The first-order valence-corrected chi connectivity index (χ1v) is 10.6. The van der Waals surface area contributed by atoms with Gasteiger partial charge in [-0.2, -0.15) is 4.37 Å². The van der Waals surface area contributed by atoms with Crippen LogP contribution in [0.15, 0.2) is 24.4 Å². The van der Waals surface area contributed by atoms with Crippen molar-refractivity contribution in [2.75, 3.05) is 31.6 Å². The van der Waals surface area contributed by atoms with E-state index in [-0.39, 0.29) is 36.8 Å². The predicted molar refractivity (Wildman–Crippen MR) is 117 cm³/mol. The molecule has 1 saturated heterocycles. The highest BCUT2D eigenvalue weighted by atomic mass is 35.5. The van der Waals surface area contributed by atoms with Crippen LogP contribution in [0.3, 0.4) is 0 Å². The van der Waals surface area contributed by atoms with Crippen LogP contribution in [0.25, 0.3) is 0 Å². The molecule has 2 aliphatic rings. The van der Waals surface area contributed by atoms with Crippen molar-refractivity contribution in [2.45, 2.75) is 32.5 Å². The molecule has 9 heteroatoms. The summed E-state index contributed by atoms with van der Waals surface area (Å²) in [5, 5.41) is 11.7. The fourth-order valence-corrected chi connectivity index (χ4v) is 4.76. The zero-order chi connectivity index (χ0) is 20.5. The largest absolute Gasteiger partial charge is 0.457 e. The second-order valence-electron chi connectivity index (χ2n) is 7.72. The number of amides is 1. The van der Waals surface area contributed by atoms with E-state index in [0.29, 0.717) is 12.1 Å². The molecule has 1 fully saturated rings. The lowest BCUT2D eigenvalue weighted by atomic mass is 9.93. The molecule has 1 amide bonds. The van der Waals surface area contributed by atoms with Crippen molar-refractivity contribution in [1.82, 2.24) is 9.27 Å². The molecule has 3 heterocycles. The number of benzene rings is 1. The van der Waals surface area contributed by atoms with Crippen LogP contribution in [0, 0.1) is 12.8 Å². The van der Waals surface area contributed by atoms with E-state index in [0.717, 1.165) is 47.6 Å². The van der Waals surface area contributed by atoms with Gasteiger partial charge in [-0.15, -0.1) is 12.4 Å². The minimum atomic E-state index is -0.636. The van der Waals surface area contributed by atoms with Crippen molar-refractivity contribution in [3.8, 4) is 0 Å². The summed E-state index contributed by atoms with van der Waals surface area (Å²) in [6.07, 6.45) is 2.63. The van der Waals surface area contributed by atoms with Crippen LogP contribution in [0.4, 0.5) is 5.00 Å². The van der Waals surface area contributed by atoms with Crippen molar-refractivity contribution >= 4 is 40.8 Å². The molecule has 2 aromatic rings. The van der Waals surface area contributed by atoms with Gasteiger partial charge in [0.1, 0.15) is 11.6 Å². The summed E-state index contributed by atoms with van der Waals surface area (Å²) >= 11 is 1.32. The van der Waals surface area contributed by atoms with Crippen LogP contribution in [-0.4, -0.2) is 52.9 Å². The van der Waals surface area contributed by atoms with E-state index in [4.69, 9.17) is 4.74 Å². The fourth-order valence-electron chi connectivity index (χ4n) is 4.20. The highest BCUT2D eigenvalue weighted by Crippen LogP contribution is 2.30. The average molecular weight is 452 g/mol. The van der Waals surface area contributed by atoms with E-state index in [1.165, 1.54) is 11.5 Å². The predicted octanol–water partition coefficient (Wildman–Crippen LogP) is 2.95. The lowest BCUT2D eigenvalue weighted by Crippen LogP contribution is -2.42. The Labute approximate surface area is 186 Å². The van der Waals surface area contributed by atoms with Crippen LogP contribution >= 0.6 is 23.9 Å². The summed E-state index contributed by atoms with van der Waals surface area (Å²) in [5.74, 6) is -0.159. The maximum Gasteiger partial charge on any atom is 0.338 e. The normalized spacial score (nSPS) is 17.8. The molecule has 1 aromatic heterocycles.